The third-order valence-corrected chi connectivity index (χ3v) is 3.17. The molecule has 1 aromatic rings. The first-order valence-electron chi connectivity index (χ1n) is 6.03. The monoisotopic (exact) mass is 220 g/mol. The van der Waals surface area contributed by atoms with E-state index in [9.17, 15) is 4.79 Å². The van der Waals surface area contributed by atoms with E-state index in [4.69, 9.17) is 0 Å². The van der Waals surface area contributed by atoms with Crippen LogP contribution in [0.1, 0.15) is 35.2 Å². The SMILES string of the molecule is CN(C)CCn1cc2c(c1)C(=O)CCCC2. The standard InChI is InChI=1S/C13H20N2O/c1-14(2)7-8-15-9-11-5-3-4-6-13(16)12(11)10-15/h9-10H,3-8H2,1-2H3. The molecule has 2 rings (SSSR count). The fraction of sp³-hybridized carbons (Fsp3) is 0.615. The molecule has 0 spiro atoms. The van der Waals surface area contributed by atoms with E-state index >= 15 is 0 Å². The maximum absolute atomic E-state index is 11.8. The van der Waals surface area contributed by atoms with E-state index < -0.39 is 0 Å². The first kappa shape index (κ1) is 11.4. The molecule has 3 heteroatoms. The van der Waals surface area contributed by atoms with Crippen LogP contribution in [0.4, 0.5) is 0 Å². The Kier molecular flexibility index (Phi) is 3.44. The summed E-state index contributed by atoms with van der Waals surface area (Å²) in [6.07, 6.45) is 8.18. The number of nitrogens with zero attached hydrogens (tertiary/aromatic N) is 2. The smallest absolute Gasteiger partial charge is 0.164 e. The molecule has 88 valence electrons. The zero-order valence-corrected chi connectivity index (χ0v) is 10.2. The number of fused-ring (bicyclic) bond motifs is 1. The van der Waals surface area contributed by atoms with Crippen LogP contribution in [0.15, 0.2) is 12.4 Å². The van der Waals surface area contributed by atoms with Crippen LogP contribution in [0, 0.1) is 0 Å². The molecule has 0 fully saturated rings. The van der Waals surface area contributed by atoms with Gasteiger partial charge in [-0.1, -0.05) is 0 Å². The fourth-order valence-corrected chi connectivity index (χ4v) is 2.19. The van der Waals surface area contributed by atoms with Gasteiger partial charge in [0.25, 0.3) is 0 Å². The van der Waals surface area contributed by atoms with Crippen molar-refractivity contribution in [3.63, 3.8) is 0 Å². The Morgan fingerprint density at radius 3 is 2.75 bits per heavy atom. The van der Waals surface area contributed by atoms with Crippen LogP contribution in [0.5, 0.6) is 0 Å². The van der Waals surface area contributed by atoms with Gasteiger partial charge in [0.1, 0.15) is 0 Å². The Bertz CT molecular complexity index is 379. The first-order chi connectivity index (χ1) is 7.66. The van der Waals surface area contributed by atoms with Crippen molar-refractivity contribution in [1.29, 1.82) is 0 Å². The molecule has 0 radical (unpaired) electrons. The molecule has 1 aliphatic rings. The van der Waals surface area contributed by atoms with Crippen molar-refractivity contribution in [3.8, 4) is 0 Å². The third kappa shape index (κ3) is 2.53. The van der Waals surface area contributed by atoms with Gasteiger partial charge in [0, 0.05) is 37.5 Å². The molecule has 0 atom stereocenters. The molecule has 0 aliphatic heterocycles. The normalized spacial score (nSPS) is 16.3. The van der Waals surface area contributed by atoms with Crippen LogP contribution in [0.2, 0.25) is 0 Å². The highest BCUT2D eigenvalue weighted by Crippen LogP contribution is 2.21. The van der Waals surface area contributed by atoms with Gasteiger partial charge in [-0.3, -0.25) is 4.79 Å². The van der Waals surface area contributed by atoms with E-state index in [1.54, 1.807) is 0 Å². The second-order valence-corrected chi connectivity index (χ2v) is 4.87. The maximum atomic E-state index is 11.8. The minimum atomic E-state index is 0.330. The topological polar surface area (TPSA) is 25.2 Å². The van der Waals surface area contributed by atoms with Crippen LogP contribution < -0.4 is 0 Å². The van der Waals surface area contributed by atoms with E-state index in [0.29, 0.717) is 5.78 Å². The number of rotatable bonds is 3. The third-order valence-electron chi connectivity index (χ3n) is 3.17. The zero-order valence-electron chi connectivity index (χ0n) is 10.2. The largest absolute Gasteiger partial charge is 0.352 e. The summed E-state index contributed by atoms with van der Waals surface area (Å²) in [6, 6.07) is 0. The number of likely N-dealkylation sites (N-methyl/N-ethyl adjacent to an activating group) is 1. The molecule has 16 heavy (non-hydrogen) atoms. The molecular formula is C13H20N2O. The highest BCUT2D eigenvalue weighted by atomic mass is 16.1. The zero-order chi connectivity index (χ0) is 11.5. The van der Waals surface area contributed by atoms with Crippen LogP contribution in [0.3, 0.4) is 0 Å². The highest BCUT2D eigenvalue weighted by Gasteiger charge is 2.17. The van der Waals surface area contributed by atoms with Crippen LogP contribution in [-0.2, 0) is 13.0 Å². The van der Waals surface area contributed by atoms with Crippen molar-refractivity contribution in [2.75, 3.05) is 20.6 Å². The van der Waals surface area contributed by atoms with Crippen LogP contribution >= 0.6 is 0 Å². The number of carbonyl (C=O) groups excluding carboxylic acids is 1. The van der Waals surface area contributed by atoms with Crippen molar-refractivity contribution in [2.45, 2.75) is 32.2 Å². The number of hydrogen-bond donors (Lipinski definition) is 0. The van der Waals surface area contributed by atoms with E-state index in [-0.39, 0.29) is 0 Å². The van der Waals surface area contributed by atoms with Gasteiger partial charge in [-0.05, 0) is 38.9 Å². The van der Waals surface area contributed by atoms with Gasteiger partial charge in [0.2, 0.25) is 0 Å². The minimum absolute atomic E-state index is 0.330. The number of aryl methyl sites for hydroxylation is 1. The number of ketones is 1. The summed E-state index contributed by atoms with van der Waals surface area (Å²) < 4.78 is 2.16. The molecule has 3 nitrogen and oxygen atoms in total. The average Bonchev–Trinajstić information content (AvgIpc) is 2.57. The Hall–Kier alpha value is -1.09. The summed E-state index contributed by atoms with van der Waals surface area (Å²) in [4.78, 5) is 14.0. The lowest BCUT2D eigenvalue weighted by molar-refractivity contribution is 0.0982. The second kappa shape index (κ2) is 4.83. The van der Waals surface area contributed by atoms with Crippen molar-refractivity contribution in [3.05, 3.63) is 23.5 Å². The van der Waals surface area contributed by atoms with Crippen molar-refractivity contribution in [1.82, 2.24) is 9.47 Å². The van der Waals surface area contributed by atoms with E-state index in [1.807, 2.05) is 6.20 Å². The average molecular weight is 220 g/mol. The predicted octanol–water partition coefficient (Wildman–Crippen LogP) is 1.96. The van der Waals surface area contributed by atoms with Gasteiger partial charge in [0.15, 0.2) is 5.78 Å². The fourth-order valence-electron chi connectivity index (χ4n) is 2.19. The van der Waals surface area contributed by atoms with Crippen molar-refractivity contribution >= 4 is 5.78 Å². The summed E-state index contributed by atoms with van der Waals surface area (Å²) in [5, 5.41) is 0. The molecule has 0 aromatic carbocycles. The molecule has 0 N–H and O–H groups in total. The lowest BCUT2D eigenvalue weighted by Gasteiger charge is -2.09. The minimum Gasteiger partial charge on any atom is -0.352 e. The van der Waals surface area contributed by atoms with Gasteiger partial charge in [-0.15, -0.1) is 0 Å². The Morgan fingerprint density at radius 2 is 2.00 bits per heavy atom. The molecule has 1 aliphatic carbocycles. The summed E-state index contributed by atoms with van der Waals surface area (Å²) in [6.45, 7) is 1.98. The molecule has 0 saturated carbocycles. The van der Waals surface area contributed by atoms with Gasteiger partial charge in [-0.2, -0.15) is 0 Å². The Balaban J connectivity index is 2.13. The lowest BCUT2D eigenvalue weighted by atomic mass is 10.1. The molecule has 0 saturated heterocycles. The number of Topliss-reactive ketones (excluding diaryl/α,β-unsaturated/α-hetero) is 1. The van der Waals surface area contributed by atoms with Crippen molar-refractivity contribution in [2.24, 2.45) is 0 Å². The summed E-state index contributed by atoms with van der Waals surface area (Å²) in [7, 11) is 4.14. The van der Waals surface area contributed by atoms with Crippen LogP contribution in [-0.4, -0.2) is 35.9 Å². The van der Waals surface area contributed by atoms with E-state index in [1.165, 1.54) is 5.56 Å². The number of hydrogen-bond acceptors (Lipinski definition) is 2. The molecule has 1 aromatic heterocycles. The Labute approximate surface area is 97.1 Å². The first-order valence-corrected chi connectivity index (χ1v) is 6.03. The molecule has 0 amide bonds. The molecule has 0 bridgehead atoms. The number of aromatic nitrogens is 1. The lowest BCUT2D eigenvalue weighted by Crippen LogP contribution is -2.17. The molecular weight excluding hydrogens is 200 g/mol. The number of carbonyl (C=O) groups is 1. The summed E-state index contributed by atoms with van der Waals surface area (Å²) in [5.74, 6) is 0.330. The van der Waals surface area contributed by atoms with Crippen molar-refractivity contribution < 1.29 is 4.79 Å². The van der Waals surface area contributed by atoms with Gasteiger partial charge < -0.3 is 9.47 Å². The predicted molar refractivity (Wildman–Crippen MR) is 64.9 cm³/mol. The summed E-state index contributed by atoms with van der Waals surface area (Å²) >= 11 is 0. The quantitative estimate of drug-likeness (QED) is 0.728. The Morgan fingerprint density at radius 1 is 1.25 bits per heavy atom. The molecule has 0 unspecified atom stereocenters. The van der Waals surface area contributed by atoms with E-state index in [0.717, 1.165) is 44.3 Å². The summed E-state index contributed by atoms with van der Waals surface area (Å²) in [5.41, 5.74) is 2.22. The van der Waals surface area contributed by atoms with Gasteiger partial charge >= 0.3 is 0 Å². The molecule has 1 heterocycles. The highest BCUT2D eigenvalue weighted by molar-refractivity contribution is 5.97. The van der Waals surface area contributed by atoms with Gasteiger partial charge in [0.05, 0.1) is 0 Å². The second-order valence-electron chi connectivity index (χ2n) is 4.87. The van der Waals surface area contributed by atoms with Crippen LogP contribution in [0.25, 0.3) is 0 Å². The van der Waals surface area contributed by atoms with E-state index in [2.05, 4.69) is 29.8 Å². The van der Waals surface area contributed by atoms with Gasteiger partial charge in [-0.25, -0.2) is 0 Å². The maximum Gasteiger partial charge on any atom is 0.164 e.